The fourth-order valence-electron chi connectivity index (χ4n) is 4.54. The van der Waals surface area contributed by atoms with Gasteiger partial charge in [0, 0.05) is 6.54 Å². The molecule has 0 aliphatic heterocycles. The summed E-state index contributed by atoms with van der Waals surface area (Å²) in [6, 6.07) is -2.80. The highest BCUT2D eigenvalue weighted by Crippen LogP contribution is 2.27. The van der Waals surface area contributed by atoms with E-state index in [0.29, 0.717) is 31.8 Å². The molecule has 16 heteroatoms. The number of primary amides is 1. The van der Waals surface area contributed by atoms with Gasteiger partial charge in [0.05, 0.1) is 0 Å². The van der Waals surface area contributed by atoms with E-state index in [1.165, 1.54) is 0 Å². The number of nitrogen functional groups attached to an aromatic ring is 1. The highest BCUT2D eigenvalue weighted by atomic mass is 31.1. The number of aromatic nitrogens is 3. The van der Waals surface area contributed by atoms with E-state index in [0.717, 1.165) is 32.1 Å². The van der Waals surface area contributed by atoms with Gasteiger partial charge in [-0.15, -0.1) is 5.10 Å². The zero-order valence-corrected chi connectivity index (χ0v) is 24.4. The van der Waals surface area contributed by atoms with Gasteiger partial charge in [-0.3, -0.25) is 29.3 Å². The smallest absolute Gasteiger partial charge is 0.289 e. The molecule has 1 saturated carbocycles. The van der Waals surface area contributed by atoms with Crippen LogP contribution in [0, 0.1) is 5.92 Å². The van der Waals surface area contributed by atoms with Gasteiger partial charge in [-0.2, -0.15) is 4.98 Å². The van der Waals surface area contributed by atoms with Crippen molar-refractivity contribution in [2.24, 2.45) is 22.4 Å². The maximum atomic E-state index is 13.5. The highest BCUT2D eigenvalue weighted by molar-refractivity contribution is 7.54. The first kappa shape index (κ1) is 32.7. The molecule has 1 heterocycles. The average Bonchev–Trinajstić information content (AvgIpc) is 3.34. The van der Waals surface area contributed by atoms with Gasteiger partial charge in [0.25, 0.3) is 5.91 Å². The van der Waals surface area contributed by atoms with Crippen LogP contribution < -0.4 is 38.2 Å². The van der Waals surface area contributed by atoms with Crippen LogP contribution >= 0.6 is 8.07 Å². The maximum Gasteiger partial charge on any atom is 0.289 e. The van der Waals surface area contributed by atoms with Crippen molar-refractivity contribution in [2.45, 2.75) is 82.8 Å². The van der Waals surface area contributed by atoms with Crippen LogP contribution in [0.4, 0.5) is 5.95 Å². The summed E-state index contributed by atoms with van der Waals surface area (Å²) in [4.78, 5) is 59.3. The number of aromatic amines is 1. The standard InChI is InChI=1S/C24H44N11O4P/c1-4-15(18(25)36)29-20(37)16(11-8-12-28-23(26)35-40(2)3)30-21(38)17(13-14-9-6-5-7-10-14)31-22(39)19-32-24(27)34-33-19/h14-17H,4-13H2,1-3H3,(H2,25,36)(H,29,37)(H,30,38)(H,31,39)(H3,26,28,35)(H3,27,32,33,34). The Morgan fingerprint density at radius 1 is 1.02 bits per heavy atom. The van der Waals surface area contributed by atoms with E-state index in [1.807, 2.05) is 13.3 Å². The number of nitrogens with one attached hydrogen (secondary N) is 5. The van der Waals surface area contributed by atoms with Crippen molar-refractivity contribution in [1.29, 1.82) is 0 Å². The molecule has 0 spiro atoms. The predicted molar refractivity (Wildman–Crippen MR) is 154 cm³/mol. The molecule has 1 aromatic rings. The summed E-state index contributed by atoms with van der Waals surface area (Å²) in [5, 5.41) is 17.3. The number of guanidine groups is 1. The Balaban J connectivity index is 2.17. The molecule has 3 atom stereocenters. The number of carbonyl (C=O) groups is 4. The maximum absolute atomic E-state index is 13.5. The summed E-state index contributed by atoms with van der Waals surface area (Å²) in [6.45, 7) is 6.03. The Morgan fingerprint density at radius 3 is 2.25 bits per heavy atom. The van der Waals surface area contributed by atoms with Gasteiger partial charge in [-0.25, -0.2) is 0 Å². The largest absolute Gasteiger partial charge is 0.370 e. The van der Waals surface area contributed by atoms with Crippen molar-refractivity contribution >= 4 is 43.6 Å². The summed E-state index contributed by atoms with van der Waals surface area (Å²) in [5.74, 6) is -2.04. The van der Waals surface area contributed by atoms with Crippen LogP contribution in [0.3, 0.4) is 0 Å². The van der Waals surface area contributed by atoms with Crippen molar-refractivity contribution in [3.05, 3.63) is 5.82 Å². The van der Waals surface area contributed by atoms with Gasteiger partial charge in [-0.05, 0) is 53.0 Å². The molecule has 1 aromatic heterocycles. The number of hydrogen-bond donors (Lipinski definition) is 8. The fourth-order valence-corrected chi connectivity index (χ4v) is 5.07. The molecule has 1 fully saturated rings. The van der Waals surface area contributed by atoms with E-state index >= 15 is 0 Å². The highest BCUT2D eigenvalue weighted by Gasteiger charge is 2.31. The first-order valence-corrected chi connectivity index (χ1v) is 15.9. The molecule has 1 aliphatic carbocycles. The molecule has 0 radical (unpaired) electrons. The molecule has 11 N–H and O–H groups in total. The van der Waals surface area contributed by atoms with Crippen LogP contribution in [0.15, 0.2) is 4.99 Å². The number of carbonyl (C=O) groups excluding carboxylic acids is 4. The molecular weight excluding hydrogens is 537 g/mol. The van der Waals surface area contributed by atoms with Gasteiger partial charge in [0.15, 0.2) is 5.96 Å². The Labute approximate surface area is 235 Å². The summed E-state index contributed by atoms with van der Waals surface area (Å²) in [6.07, 6.45) is 6.48. The number of nitrogens with zero attached hydrogens (tertiary/aromatic N) is 3. The van der Waals surface area contributed by atoms with Crippen molar-refractivity contribution in [1.82, 2.24) is 36.2 Å². The molecule has 224 valence electrons. The van der Waals surface area contributed by atoms with Gasteiger partial charge in [0.2, 0.25) is 29.5 Å². The second kappa shape index (κ2) is 16.6. The zero-order chi connectivity index (χ0) is 29.7. The number of hydrogen-bond acceptors (Lipinski definition) is 8. The third-order valence-corrected chi connectivity index (χ3v) is 7.28. The molecule has 0 bridgehead atoms. The second-order valence-corrected chi connectivity index (χ2v) is 12.2. The van der Waals surface area contributed by atoms with Crippen LogP contribution in [0.1, 0.15) is 75.3 Å². The van der Waals surface area contributed by atoms with Crippen molar-refractivity contribution < 1.29 is 19.2 Å². The second-order valence-electron chi connectivity index (χ2n) is 10.2. The number of aliphatic imine (C=N–C) groups is 1. The third kappa shape index (κ3) is 11.3. The lowest BCUT2D eigenvalue weighted by Crippen LogP contribution is -2.56. The minimum atomic E-state index is -0.994. The molecular formula is C24H44N11O4P. The van der Waals surface area contributed by atoms with Gasteiger partial charge in [0.1, 0.15) is 18.1 Å². The Kier molecular flexibility index (Phi) is 13.6. The van der Waals surface area contributed by atoms with E-state index in [4.69, 9.17) is 17.2 Å². The van der Waals surface area contributed by atoms with Crippen molar-refractivity contribution in [3.63, 3.8) is 0 Å². The summed E-state index contributed by atoms with van der Waals surface area (Å²) >= 11 is 0. The summed E-state index contributed by atoms with van der Waals surface area (Å²) < 4.78 is 0. The molecule has 3 unspecified atom stereocenters. The molecule has 1 aliphatic rings. The van der Waals surface area contributed by atoms with E-state index in [1.54, 1.807) is 6.92 Å². The molecule has 4 amide bonds. The van der Waals surface area contributed by atoms with Crippen LogP contribution in [0.5, 0.6) is 0 Å². The third-order valence-electron chi connectivity index (χ3n) is 6.61. The Hall–Kier alpha value is -3.48. The average molecular weight is 582 g/mol. The minimum absolute atomic E-state index is 0.0944. The number of nitrogens with two attached hydrogens (primary N) is 3. The van der Waals surface area contributed by atoms with Crippen LogP contribution in [-0.2, 0) is 14.4 Å². The number of H-pyrrole nitrogens is 1. The van der Waals surface area contributed by atoms with Crippen molar-refractivity contribution in [2.75, 3.05) is 25.6 Å². The topological polar surface area (TPSA) is 248 Å². The van der Waals surface area contributed by atoms with E-state index in [2.05, 4.69) is 41.2 Å². The first-order valence-electron chi connectivity index (χ1n) is 13.6. The number of anilines is 1. The first-order chi connectivity index (χ1) is 19.0. The quantitative estimate of drug-likeness (QED) is 0.0583. The molecule has 15 nitrogen and oxygen atoms in total. The van der Waals surface area contributed by atoms with Crippen LogP contribution in [-0.4, -0.2) is 82.8 Å². The number of amides is 4. The van der Waals surface area contributed by atoms with E-state index < -0.39 is 49.8 Å². The van der Waals surface area contributed by atoms with Crippen LogP contribution in [0.2, 0.25) is 0 Å². The lowest BCUT2D eigenvalue weighted by Gasteiger charge is -2.28. The molecule has 40 heavy (non-hydrogen) atoms. The monoisotopic (exact) mass is 581 g/mol. The molecule has 0 saturated heterocycles. The lowest BCUT2D eigenvalue weighted by atomic mass is 9.84. The van der Waals surface area contributed by atoms with Gasteiger partial charge in [-0.1, -0.05) is 39.0 Å². The Bertz CT molecular complexity index is 1030. The van der Waals surface area contributed by atoms with Crippen molar-refractivity contribution in [3.8, 4) is 0 Å². The normalized spacial score (nSPS) is 16.6. The summed E-state index contributed by atoms with van der Waals surface area (Å²) in [5.41, 5.74) is 16.8. The predicted octanol–water partition coefficient (Wildman–Crippen LogP) is -0.338. The molecule has 2 rings (SSSR count). The molecule has 0 aromatic carbocycles. The van der Waals surface area contributed by atoms with E-state index in [9.17, 15) is 19.2 Å². The Morgan fingerprint density at radius 2 is 1.68 bits per heavy atom. The zero-order valence-electron chi connectivity index (χ0n) is 23.5. The van der Waals surface area contributed by atoms with E-state index in [-0.39, 0.29) is 24.1 Å². The summed E-state index contributed by atoms with van der Waals surface area (Å²) in [7, 11) is -0.474. The van der Waals surface area contributed by atoms with Crippen LogP contribution in [0.25, 0.3) is 0 Å². The minimum Gasteiger partial charge on any atom is -0.370 e. The number of rotatable bonds is 15. The SMILES string of the molecule is CCC(NC(=O)C(CCCN=C(N)NP(C)C)NC(=O)C(CC1CCCCC1)NC(=O)c1nc(N)n[nH]1)C(N)=O. The van der Waals surface area contributed by atoms with Gasteiger partial charge >= 0.3 is 0 Å². The fraction of sp³-hybridized carbons (Fsp3) is 0.708. The van der Waals surface area contributed by atoms with Gasteiger partial charge < -0.3 is 38.2 Å². The lowest BCUT2D eigenvalue weighted by molar-refractivity contribution is -0.132.